The molecule has 1 saturated heterocycles. The Hall–Kier alpha value is -3.96. The van der Waals surface area contributed by atoms with Gasteiger partial charge in [0.15, 0.2) is 11.6 Å². The van der Waals surface area contributed by atoms with Gasteiger partial charge >= 0.3 is 6.01 Å². The Bertz CT molecular complexity index is 1230. The van der Waals surface area contributed by atoms with Crippen LogP contribution in [0.4, 0.5) is 20.7 Å². The number of nitrogens with zero attached hydrogens (tertiary/aromatic N) is 7. The summed E-state index contributed by atoms with van der Waals surface area (Å²) in [5.41, 5.74) is 2.18. The normalized spacial score (nSPS) is 21.6. The third kappa shape index (κ3) is 3.33. The predicted octanol–water partition coefficient (Wildman–Crippen LogP) is 2.38. The first-order valence-electron chi connectivity index (χ1n) is 10.1. The van der Waals surface area contributed by atoms with Gasteiger partial charge in [-0.2, -0.15) is 15.4 Å². The van der Waals surface area contributed by atoms with Gasteiger partial charge in [0, 0.05) is 37.9 Å². The molecule has 0 amide bonds. The topological polar surface area (TPSA) is 122 Å². The maximum Gasteiger partial charge on any atom is 0.318 e. The number of benzene rings is 1. The Labute approximate surface area is 180 Å². The van der Waals surface area contributed by atoms with Gasteiger partial charge in [0.1, 0.15) is 0 Å². The maximum absolute atomic E-state index is 13.3. The van der Waals surface area contributed by atoms with Gasteiger partial charge in [-0.25, -0.2) is 18.7 Å². The molecule has 10 nitrogen and oxygen atoms in total. The van der Waals surface area contributed by atoms with Gasteiger partial charge in [0.05, 0.1) is 17.5 Å². The molecule has 4 heterocycles. The summed E-state index contributed by atoms with van der Waals surface area (Å²) in [5.74, 6) is 0.410. The van der Waals surface area contributed by atoms with Crippen LogP contribution in [0.2, 0.25) is 0 Å². The molecule has 2 aliphatic rings. The van der Waals surface area contributed by atoms with E-state index >= 15 is 0 Å². The highest BCUT2D eigenvalue weighted by atomic mass is 19.2. The van der Waals surface area contributed by atoms with Crippen molar-refractivity contribution in [2.24, 2.45) is 11.8 Å². The number of nitrogens with one attached hydrogen (secondary N) is 2. The highest BCUT2D eigenvalue weighted by Crippen LogP contribution is 2.58. The van der Waals surface area contributed by atoms with Gasteiger partial charge in [-0.3, -0.25) is 0 Å². The number of aromatic amines is 1. The number of H-pyrrole nitrogens is 1. The highest BCUT2D eigenvalue weighted by Gasteiger charge is 2.58. The van der Waals surface area contributed by atoms with Crippen LogP contribution in [0.5, 0.6) is 0 Å². The van der Waals surface area contributed by atoms with Gasteiger partial charge in [0.25, 0.3) is 5.89 Å². The van der Waals surface area contributed by atoms with Crippen molar-refractivity contribution >= 4 is 12.0 Å². The number of aromatic nitrogens is 7. The smallest absolute Gasteiger partial charge is 0.318 e. The molecular formula is C20H17F2N9O. The molecule has 0 spiro atoms. The molecule has 2 fully saturated rings. The van der Waals surface area contributed by atoms with Gasteiger partial charge in [-0.15, -0.1) is 5.10 Å². The van der Waals surface area contributed by atoms with Gasteiger partial charge < -0.3 is 14.6 Å². The van der Waals surface area contributed by atoms with Crippen molar-refractivity contribution in [2.75, 3.05) is 23.3 Å². The van der Waals surface area contributed by atoms with Crippen LogP contribution in [0.25, 0.3) is 11.5 Å². The van der Waals surface area contributed by atoms with E-state index in [4.69, 9.17) is 4.42 Å². The maximum atomic E-state index is 13.3. The Morgan fingerprint density at radius 1 is 1.06 bits per heavy atom. The highest BCUT2D eigenvalue weighted by molar-refractivity contribution is 5.52. The van der Waals surface area contributed by atoms with Crippen molar-refractivity contribution in [3.8, 4) is 11.5 Å². The van der Waals surface area contributed by atoms with Crippen LogP contribution in [-0.2, 0) is 6.54 Å². The molecule has 1 aromatic carbocycles. The lowest BCUT2D eigenvalue weighted by molar-refractivity contribution is 0.507. The quantitative estimate of drug-likeness (QED) is 0.468. The van der Waals surface area contributed by atoms with E-state index in [9.17, 15) is 8.78 Å². The van der Waals surface area contributed by atoms with Crippen LogP contribution in [0, 0.1) is 23.5 Å². The molecule has 0 radical (unpaired) electrons. The fourth-order valence-corrected chi connectivity index (χ4v) is 4.31. The summed E-state index contributed by atoms with van der Waals surface area (Å²) in [6, 6.07) is 4.19. The third-order valence-electron chi connectivity index (χ3n) is 5.99. The van der Waals surface area contributed by atoms with Crippen molar-refractivity contribution in [3.63, 3.8) is 0 Å². The van der Waals surface area contributed by atoms with Crippen LogP contribution < -0.4 is 10.2 Å². The van der Waals surface area contributed by atoms with Crippen LogP contribution in [0.1, 0.15) is 17.2 Å². The zero-order valence-corrected chi connectivity index (χ0v) is 16.6. The van der Waals surface area contributed by atoms with Crippen molar-refractivity contribution in [1.29, 1.82) is 0 Å². The summed E-state index contributed by atoms with van der Waals surface area (Å²) in [6.45, 7) is 1.94. The van der Waals surface area contributed by atoms with Crippen LogP contribution >= 0.6 is 0 Å². The second-order valence-electron chi connectivity index (χ2n) is 7.94. The molecule has 1 saturated carbocycles. The summed E-state index contributed by atoms with van der Waals surface area (Å²) < 4.78 is 32.1. The molecule has 2 N–H and O–H groups in total. The first-order valence-corrected chi connectivity index (χ1v) is 10.1. The number of rotatable bonds is 6. The zero-order chi connectivity index (χ0) is 21.7. The molecule has 4 aromatic rings. The van der Waals surface area contributed by atoms with Crippen molar-refractivity contribution in [1.82, 2.24) is 35.6 Å². The zero-order valence-electron chi connectivity index (χ0n) is 16.6. The SMILES string of the molecule is Fc1ccc(CNc2ncc(-c3nnc(N4C[C@H]5C(c6cn[nH]n6)[C@@H]5C4)o3)cn2)cc1F. The number of piperidine rings is 1. The van der Waals surface area contributed by atoms with Crippen LogP contribution in [-0.4, -0.2) is 48.7 Å². The molecule has 1 aliphatic carbocycles. The largest absolute Gasteiger partial charge is 0.403 e. The van der Waals surface area contributed by atoms with Gasteiger partial charge in [0.2, 0.25) is 5.95 Å². The second kappa shape index (κ2) is 7.32. The average molecular weight is 437 g/mol. The van der Waals surface area contributed by atoms with Crippen molar-refractivity contribution in [3.05, 3.63) is 59.7 Å². The van der Waals surface area contributed by atoms with E-state index in [2.05, 4.69) is 45.8 Å². The van der Waals surface area contributed by atoms with E-state index in [1.807, 2.05) is 0 Å². The molecule has 3 aromatic heterocycles. The minimum absolute atomic E-state index is 0.258. The van der Waals surface area contributed by atoms with Crippen LogP contribution in [0.3, 0.4) is 0 Å². The number of hydrogen-bond acceptors (Lipinski definition) is 9. The summed E-state index contributed by atoms with van der Waals surface area (Å²) in [5, 5.41) is 22.0. The fourth-order valence-electron chi connectivity index (χ4n) is 4.31. The van der Waals surface area contributed by atoms with Gasteiger partial charge in [-0.05, 0) is 29.5 Å². The second-order valence-corrected chi connectivity index (χ2v) is 7.94. The summed E-state index contributed by atoms with van der Waals surface area (Å²) in [6.07, 6.45) is 4.93. The molecule has 0 bridgehead atoms. The summed E-state index contributed by atoms with van der Waals surface area (Å²) >= 11 is 0. The molecule has 32 heavy (non-hydrogen) atoms. The summed E-state index contributed by atoms with van der Waals surface area (Å²) in [4.78, 5) is 10.5. The van der Waals surface area contributed by atoms with E-state index in [1.54, 1.807) is 18.6 Å². The fraction of sp³-hybridized carbons (Fsp3) is 0.300. The minimum Gasteiger partial charge on any atom is -0.403 e. The summed E-state index contributed by atoms with van der Waals surface area (Å²) in [7, 11) is 0. The van der Waals surface area contributed by atoms with E-state index in [0.717, 1.165) is 30.9 Å². The van der Waals surface area contributed by atoms with Gasteiger partial charge in [-0.1, -0.05) is 11.2 Å². The molecule has 0 unspecified atom stereocenters. The molecule has 1 aliphatic heterocycles. The number of halogens is 2. The predicted molar refractivity (Wildman–Crippen MR) is 107 cm³/mol. The lowest BCUT2D eigenvalue weighted by Crippen LogP contribution is -2.23. The minimum atomic E-state index is -0.892. The monoisotopic (exact) mass is 437 g/mol. The van der Waals surface area contributed by atoms with E-state index < -0.39 is 11.6 Å². The molecule has 6 rings (SSSR count). The lowest BCUT2D eigenvalue weighted by Gasteiger charge is -2.15. The number of hydrogen-bond donors (Lipinski definition) is 2. The Balaban J connectivity index is 1.07. The third-order valence-corrected chi connectivity index (χ3v) is 5.99. The molecular weight excluding hydrogens is 420 g/mol. The Morgan fingerprint density at radius 2 is 1.88 bits per heavy atom. The molecule has 162 valence electrons. The number of fused-ring (bicyclic) bond motifs is 1. The van der Waals surface area contributed by atoms with E-state index in [1.165, 1.54) is 6.07 Å². The number of anilines is 2. The van der Waals surface area contributed by atoms with Crippen molar-refractivity contribution in [2.45, 2.75) is 12.5 Å². The van der Waals surface area contributed by atoms with Crippen molar-refractivity contribution < 1.29 is 13.2 Å². The standard InChI is InChI=1S/C20H17F2N9O/c21-14-2-1-10(3-15(14)22)4-23-19-24-5-11(6-25-19)18-28-29-20(32-18)31-8-12-13(9-31)17(12)16-7-26-30-27-16/h1-3,5-7,12-13,17H,4,8-9H2,(H,23,24,25)(H,26,27,30)/t12-,13-/m1/s1. The van der Waals surface area contributed by atoms with E-state index in [-0.39, 0.29) is 6.54 Å². The Kier molecular flexibility index (Phi) is 4.30. The molecule has 2 atom stereocenters. The first kappa shape index (κ1) is 18.8. The van der Waals surface area contributed by atoms with Crippen LogP contribution in [0.15, 0.2) is 41.2 Å². The first-order chi connectivity index (χ1) is 15.7. The Morgan fingerprint density at radius 3 is 2.59 bits per heavy atom. The van der Waals surface area contributed by atoms with E-state index in [0.29, 0.717) is 46.7 Å². The average Bonchev–Trinajstić information content (AvgIpc) is 3.35. The lowest BCUT2D eigenvalue weighted by atomic mass is 10.2. The molecule has 12 heteroatoms.